The minimum atomic E-state index is -4.52. The smallest absolute Gasteiger partial charge is 0.449 e. The molecule has 0 radical (unpaired) electrons. The predicted octanol–water partition coefficient (Wildman–Crippen LogP) is 5.05. The molecular formula is C17H18Cl2F3N3O2. The van der Waals surface area contributed by atoms with Crippen molar-refractivity contribution in [2.75, 3.05) is 19.5 Å². The van der Waals surface area contributed by atoms with E-state index in [9.17, 15) is 13.2 Å². The lowest BCUT2D eigenvalue weighted by molar-refractivity contribution is -0.144. The number of nitrogens with zero attached hydrogens (tertiary/aromatic N) is 1. The number of benzene rings is 2. The monoisotopic (exact) mass is 423 g/mol. The molecule has 0 spiro atoms. The molecule has 0 saturated heterocycles. The van der Waals surface area contributed by atoms with Gasteiger partial charge in [0.1, 0.15) is 17.0 Å². The predicted molar refractivity (Wildman–Crippen MR) is 102 cm³/mol. The van der Waals surface area contributed by atoms with E-state index in [0.717, 1.165) is 5.56 Å². The molecule has 5 nitrogen and oxygen atoms in total. The zero-order valence-electron chi connectivity index (χ0n) is 14.4. The number of para-hydroxylation sites is 1. The second-order valence-corrected chi connectivity index (χ2v) is 5.36. The second kappa shape index (κ2) is 9.05. The summed E-state index contributed by atoms with van der Waals surface area (Å²) in [6.07, 6.45) is -4.52. The van der Waals surface area contributed by atoms with Gasteiger partial charge in [0.25, 0.3) is 0 Å². The first-order valence-corrected chi connectivity index (χ1v) is 7.42. The molecule has 1 heterocycles. The topological polar surface area (TPSA) is 59.2 Å². The van der Waals surface area contributed by atoms with Gasteiger partial charge in [-0.05, 0) is 29.8 Å². The number of aromatic amines is 1. The van der Waals surface area contributed by atoms with Crippen LogP contribution in [0.25, 0.3) is 11.0 Å². The Morgan fingerprint density at radius 3 is 2.22 bits per heavy atom. The third-order valence-corrected chi connectivity index (χ3v) is 3.68. The number of hydrogen-bond donors (Lipinski definition) is 2. The van der Waals surface area contributed by atoms with Crippen LogP contribution in [0.1, 0.15) is 11.4 Å². The first kappa shape index (κ1) is 22.7. The lowest BCUT2D eigenvalue weighted by Gasteiger charge is -2.10. The van der Waals surface area contributed by atoms with Gasteiger partial charge in [0.2, 0.25) is 5.82 Å². The summed E-state index contributed by atoms with van der Waals surface area (Å²) in [5.41, 5.74) is 1.93. The number of rotatable bonds is 5. The van der Waals surface area contributed by atoms with Gasteiger partial charge in [-0.2, -0.15) is 13.2 Å². The maximum Gasteiger partial charge on any atom is 0.449 e. The van der Waals surface area contributed by atoms with Crippen molar-refractivity contribution in [3.63, 3.8) is 0 Å². The molecule has 0 fully saturated rings. The third-order valence-electron chi connectivity index (χ3n) is 3.68. The first-order valence-electron chi connectivity index (χ1n) is 7.42. The van der Waals surface area contributed by atoms with Gasteiger partial charge in [-0.15, -0.1) is 24.8 Å². The maximum absolute atomic E-state index is 12.8. The molecule has 148 valence electrons. The van der Waals surface area contributed by atoms with E-state index in [1.54, 1.807) is 38.5 Å². The number of ether oxygens (including phenoxy) is 2. The highest BCUT2D eigenvalue weighted by Gasteiger charge is 2.35. The van der Waals surface area contributed by atoms with E-state index in [1.165, 1.54) is 0 Å². The van der Waals surface area contributed by atoms with Gasteiger partial charge in [-0.3, -0.25) is 0 Å². The summed E-state index contributed by atoms with van der Waals surface area (Å²) in [6.45, 7) is 0.376. The molecule has 0 bridgehead atoms. The molecule has 0 saturated carbocycles. The number of H-pyrrole nitrogens is 1. The Labute approximate surface area is 166 Å². The minimum absolute atomic E-state index is 0. The zero-order valence-corrected chi connectivity index (χ0v) is 16.0. The summed E-state index contributed by atoms with van der Waals surface area (Å²) in [5.74, 6) is 0.252. The van der Waals surface area contributed by atoms with E-state index in [4.69, 9.17) is 9.47 Å². The van der Waals surface area contributed by atoms with Crippen LogP contribution in [-0.2, 0) is 12.7 Å². The van der Waals surface area contributed by atoms with E-state index in [2.05, 4.69) is 15.3 Å². The number of halogens is 5. The Morgan fingerprint density at radius 1 is 1.04 bits per heavy atom. The number of anilines is 1. The van der Waals surface area contributed by atoms with Crippen LogP contribution in [0.15, 0.2) is 36.4 Å². The first-order chi connectivity index (χ1) is 11.9. The number of imidazole rings is 1. The fraction of sp³-hybridized carbons (Fsp3) is 0.235. The van der Waals surface area contributed by atoms with Crippen LogP contribution >= 0.6 is 24.8 Å². The summed E-state index contributed by atoms with van der Waals surface area (Å²) in [4.78, 5) is 5.97. The van der Waals surface area contributed by atoms with Crippen LogP contribution in [0.2, 0.25) is 0 Å². The Balaban J connectivity index is 0.00000182. The Kier molecular flexibility index (Phi) is 7.62. The van der Waals surface area contributed by atoms with Crippen molar-refractivity contribution in [2.24, 2.45) is 0 Å². The number of hydrogen-bond acceptors (Lipinski definition) is 4. The normalized spacial score (nSPS) is 10.7. The second-order valence-electron chi connectivity index (χ2n) is 5.36. The third kappa shape index (κ3) is 5.11. The maximum atomic E-state index is 12.8. The highest BCUT2D eigenvalue weighted by molar-refractivity contribution is 5.88. The Morgan fingerprint density at radius 2 is 1.67 bits per heavy atom. The Bertz CT molecular complexity index is 879. The van der Waals surface area contributed by atoms with Gasteiger partial charge in [-0.25, -0.2) is 4.98 Å². The summed E-state index contributed by atoms with van der Waals surface area (Å²) in [7, 11) is 3.10. The molecular weight excluding hydrogens is 406 g/mol. The van der Waals surface area contributed by atoms with Crippen molar-refractivity contribution in [3.05, 3.63) is 47.8 Å². The zero-order chi connectivity index (χ0) is 18.0. The molecule has 0 aliphatic heterocycles. The number of nitrogens with one attached hydrogen (secondary N) is 2. The average Bonchev–Trinajstić information content (AvgIpc) is 3.04. The highest BCUT2D eigenvalue weighted by atomic mass is 35.5. The summed E-state index contributed by atoms with van der Waals surface area (Å²) >= 11 is 0. The van der Waals surface area contributed by atoms with Gasteiger partial charge < -0.3 is 19.8 Å². The van der Waals surface area contributed by atoms with Crippen molar-refractivity contribution in [3.8, 4) is 11.5 Å². The molecule has 0 aliphatic carbocycles. The van der Waals surface area contributed by atoms with Crippen molar-refractivity contribution < 1.29 is 22.6 Å². The number of fused-ring (bicyclic) bond motifs is 1. The molecule has 0 atom stereocenters. The van der Waals surface area contributed by atoms with Gasteiger partial charge >= 0.3 is 6.18 Å². The van der Waals surface area contributed by atoms with E-state index < -0.39 is 12.0 Å². The quantitative estimate of drug-likeness (QED) is 0.602. The van der Waals surface area contributed by atoms with Gasteiger partial charge in [0.15, 0.2) is 0 Å². The van der Waals surface area contributed by atoms with E-state index in [-0.39, 0.29) is 30.3 Å². The largest absolute Gasteiger partial charge is 0.497 e. The lowest BCUT2D eigenvalue weighted by Crippen LogP contribution is -2.07. The molecule has 3 rings (SSSR count). The summed E-state index contributed by atoms with van der Waals surface area (Å²) < 4.78 is 48.9. The molecule has 10 heteroatoms. The van der Waals surface area contributed by atoms with Gasteiger partial charge in [0, 0.05) is 12.6 Å². The fourth-order valence-corrected chi connectivity index (χ4v) is 2.47. The van der Waals surface area contributed by atoms with Crippen LogP contribution < -0.4 is 14.8 Å². The minimum Gasteiger partial charge on any atom is -0.497 e. The van der Waals surface area contributed by atoms with Crippen LogP contribution in [-0.4, -0.2) is 24.2 Å². The molecule has 2 N–H and O–H groups in total. The summed E-state index contributed by atoms with van der Waals surface area (Å²) in [5, 5.41) is 3.11. The molecule has 2 aromatic carbocycles. The van der Waals surface area contributed by atoms with Gasteiger partial charge in [-0.1, -0.05) is 6.07 Å². The SMILES string of the molecule is COc1cc(CNc2cccc3[nH]c(C(F)(F)F)nc23)cc(OC)c1.Cl.Cl. The lowest BCUT2D eigenvalue weighted by atomic mass is 10.2. The van der Waals surface area contributed by atoms with Crippen LogP contribution in [0.3, 0.4) is 0 Å². The van der Waals surface area contributed by atoms with Crippen molar-refractivity contribution >= 4 is 41.5 Å². The van der Waals surface area contributed by atoms with Gasteiger partial charge in [0.05, 0.1) is 25.4 Å². The van der Waals surface area contributed by atoms with E-state index >= 15 is 0 Å². The van der Waals surface area contributed by atoms with Crippen molar-refractivity contribution in [2.45, 2.75) is 12.7 Å². The molecule has 0 amide bonds. The van der Waals surface area contributed by atoms with Crippen molar-refractivity contribution in [1.29, 1.82) is 0 Å². The van der Waals surface area contributed by atoms with Crippen molar-refractivity contribution in [1.82, 2.24) is 9.97 Å². The summed E-state index contributed by atoms with van der Waals surface area (Å²) in [6, 6.07) is 10.3. The molecule has 3 aromatic rings. The van der Waals surface area contributed by atoms with Crippen LogP contribution in [0.4, 0.5) is 18.9 Å². The van der Waals surface area contributed by atoms with Crippen LogP contribution in [0.5, 0.6) is 11.5 Å². The highest BCUT2D eigenvalue weighted by Crippen LogP contribution is 2.31. The average molecular weight is 424 g/mol. The fourth-order valence-electron chi connectivity index (χ4n) is 2.47. The molecule has 0 unspecified atom stereocenters. The van der Waals surface area contributed by atoms with E-state index in [1.807, 2.05) is 12.1 Å². The molecule has 0 aliphatic rings. The molecule has 27 heavy (non-hydrogen) atoms. The molecule has 1 aromatic heterocycles. The van der Waals surface area contributed by atoms with Crippen LogP contribution in [0, 0.1) is 0 Å². The van der Waals surface area contributed by atoms with E-state index in [0.29, 0.717) is 29.2 Å². The standard InChI is InChI=1S/C17H16F3N3O2.2ClH/c1-24-11-6-10(7-12(8-11)25-2)9-21-13-4-3-5-14-15(13)23-16(22-14)17(18,19)20;;/h3-8,21H,9H2,1-2H3,(H,22,23);2*1H. The Hall–Kier alpha value is -2.32. The number of methoxy groups -OCH3 is 2. The number of aromatic nitrogens is 2. The number of alkyl halides is 3.